The lowest BCUT2D eigenvalue weighted by Gasteiger charge is -2.20. The van der Waals surface area contributed by atoms with Crippen molar-refractivity contribution in [3.05, 3.63) is 0 Å². The molecule has 2 aliphatic rings. The molecule has 0 spiro atoms. The number of carboxylic acid groups (broad SMARTS) is 1. The summed E-state index contributed by atoms with van der Waals surface area (Å²) in [6.07, 6.45) is 2.98. The van der Waals surface area contributed by atoms with Gasteiger partial charge >= 0.3 is 12.0 Å². The van der Waals surface area contributed by atoms with Crippen molar-refractivity contribution in [2.75, 3.05) is 26.2 Å². The number of nitrogens with zero attached hydrogens (tertiary/aromatic N) is 1. The molecule has 20 heavy (non-hydrogen) atoms. The second-order valence-corrected chi connectivity index (χ2v) is 5.84. The van der Waals surface area contributed by atoms with E-state index in [4.69, 9.17) is 9.84 Å². The quantitative estimate of drug-likeness (QED) is 0.798. The molecule has 2 amide bonds. The highest BCUT2D eigenvalue weighted by Crippen LogP contribution is 2.22. The van der Waals surface area contributed by atoms with Crippen LogP contribution in [0.3, 0.4) is 0 Å². The minimum Gasteiger partial charge on any atom is -0.481 e. The molecule has 0 bridgehead atoms. The van der Waals surface area contributed by atoms with Crippen molar-refractivity contribution in [3.8, 4) is 0 Å². The molecule has 2 aliphatic heterocycles. The van der Waals surface area contributed by atoms with Gasteiger partial charge in [0.05, 0.1) is 6.10 Å². The van der Waals surface area contributed by atoms with Crippen LogP contribution in [-0.2, 0) is 9.53 Å². The van der Waals surface area contributed by atoms with Crippen LogP contribution in [0.5, 0.6) is 0 Å². The maximum absolute atomic E-state index is 12.1. The number of likely N-dealkylation sites (tertiary alicyclic amines) is 1. The molecule has 0 radical (unpaired) electrons. The van der Waals surface area contributed by atoms with E-state index >= 15 is 0 Å². The van der Waals surface area contributed by atoms with Gasteiger partial charge in [0.2, 0.25) is 0 Å². The molecule has 0 aromatic heterocycles. The van der Waals surface area contributed by atoms with E-state index in [2.05, 4.69) is 5.32 Å². The maximum Gasteiger partial charge on any atom is 0.317 e. The first kappa shape index (κ1) is 15.1. The summed E-state index contributed by atoms with van der Waals surface area (Å²) in [5.74, 6) is -0.0296. The van der Waals surface area contributed by atoms with Crippen LogP contribution in [0.15, 0.2) is 0 Å². The van der Waals surface area contributed by atoms with Crippen molar-refractivity contribution < 1.29 is 19.4 Å². The zero-order valence-electron chi connectivity index (χ0n) is 12.0. The van der Waals surface area contributed by atoms with Gasteiger partial charge in [-0.25, -0.2) is 4.79 Å². The van der Waals surface area contributed by atoms with Gasteiger partial charge in [-0.3, -0.25) is 4.79 Å². The Balaban J connectivity index is 1.67. The summed E-state index contributed by atoms with van der Waals surface area (Å²) < 4.78 is 5.47. The van der Waals surface area contributed by atoms with Crippen molar-refractivity contribution in [2.45, 2.75) is 38.7 Å². The lowest BCUT2D eigenvalue weighted by atomic mass is 10.0. The lowest BCUT2D eigenvalue weighted by molar-refractivity contribution is -0.137. The van der Waals surface area contributed by atoms with Crippen LogP contribution < -0.4 is 5.32 Å². The summed E-state index contributed by atoms with van der Waals surface area (Å²) in [4.78, 5) is 24.4. The van der Waals surface area contributed by atoms with Gasteiger partial charge in [-0.05, 0) is 32.1 Å². The molecule has 6 heteroatoms. The predicted molar refractivity (Wildman–Crippen MR) is 73.5 cm³/mol. The van der Waals surface area contributed by atoms with Gasteiger partial charge < -0.3 is 20.1 Å². The number of rotatable bonds is 5. The molecule has 2 rings (SSSR count). The average Bonchev–Trinajstić information content (AvgIpc) is 3.02. The molecule has 2 N–H and O–H groups in total. The Bertz CT molecular complexity index is 361. The molecule has 2 fully saturated rings. The first-order chi connectivity index (χ1) is 9.56. The number of carbonyl (C=O) groups is 2. The average molecular weight is 284 g/mol. The van der Waals surface area contributed by atoms with Crippen LogP contribution >= 0.6 is 0 Å². The zero-order chi connectivity index (χ0) is 14.5. The molecule has 6 nitrogen and oxygen atoms in total. The minimum absolute atomic E-state index is 0.0260. The van der Waals surface area contributed by atoms with Crippen molar-refractivity contribution in [2.24, 2.45) is 11.8 Å². The van der Waals surface area contributed by atoms with E-state index in [0.29, 0.717) is 31.3 Å². The van der Waals surface area contributed by atoms with E-state index in [0.717, 1.165) is 26.0 Å². The Hall–Kier alpha value is -1.30. The molecule has 0 saturated carbocycles. The first-order valence-corrected chi connectivity index (χ1v) is 7.42. The summed E-state index contributed by atoms with van der Waals surface area (Å²) in [5, 5.41) is 11.6. The number of aliphatic carboxylic acids is 1. The van der Waals surface area contributed by atoms with Crippen molar-refractivity contribution in [1.29, 1.82) is 0 Å². The molecule has 0 aromatic rings. The predicted octanol–water partition coefficient (Wildman–Crippen LogP) is 1.31. The number of carboxylic acids is 1. The third-order valence-corrected chi connectivity index (χ3v) is 4.39. The van der Waals surface area contributed by atoms with Gasteiger partial charge in [0.1, 0.15) is 0 Å². The second-order valence-electron chi connectivity index (χ2n) is 5.84. The maximum atomic E-state index is 12.1. The molecule has 2 heterocycles. The third kappa shape index (κ3) is 4.10. The molecule has 0 aromatic carbocycles. The van der Waals surface area contributed by atoms with Gasteiger partial charge in [-0.15, -0.1) is 0 Å². The normalized spacial score (nSPS) is 29.6. The van der Waals surface area contributed by atoms with Crippen LogP contribution in [-0.4, -0.2) is 54.4 Å². The van der Waals surface area contributed by atoms with Crippen LogP contribution in [0.25, 0.3) is 0 Å². The molecule has 2 saturated heterocycles. The summed E-state index contributed by atoms with van der Waals surface area (Å²) in [7, 11) is 0. The van der Waals surface area contributed by atoms with Crippen LogP contribution in [0.1, 0.15) is 32.6 Å². The Morgan fingerprint density at radius 3 is 2.85 bits per heavy atom. The van der Waals surface area contributed by atoms with E-state index in [1.54, 1.807) is 4.90 Å². The third-order valence-electron chi connectivity index (χ3n) is 4.39. The minimum atomic E-state index is -0.761. The summed E-state index contributed by atoms with van der Waals surface area (Å²) in [6, 6.07) is -0.0260. The van der Waals surface area contributed by atoms with Gasteiger partial charge in [0, 0.05) is 38.6 Å². The smallest absolute Gasteiger partial charge is 0.317 e. The number of nitrogens with one attached hydrogen (secondary N) is 1. The summed E-state index contributed by atoms with van der Waals surface area (Å²) in [5.41, 5.74) is 0. The number of hydrogen-bond donors (Lipinski definition) is 2. The largest absolute Gasteiger partial charge is 0.481 e. The SMILES string of the molecule is CC1OCCC1CNC(=O)N1CCC(CCC(=O)O)C1. The van der Waals surface area contributed by atoms with Gasteiger partial charge in [0.15, 0.2) is 0 Å². The standard InChI is InChI=1S/C14H24N2O4/c1-10-12(5-7-20-10)8-15-14(19)16-6-4-11(9-16)2-3-13(17)18/h10-12H,2-9H2,1H3,(H,15,19)(H,17,18). The highest BCUT2D eigenvalue weighted by atomic mass is 16.5. The molecular formula is C14H24N2O4. The highest BCUT2D eigenvalue weighted by Gasteiger charge is 2.28. The van der Waals surface area contributed by atoms with Gasteiger partial charge in [-0.1, -0.05) is 0 Å². The molecule has 0 aliphatic carbocycles. The number of ether oxygens (including phenoxy) is 1. The van der Waals surface area contributed by atoms with E-state index in [1.807, 2.05) is 6.92 Å². The van der Waals surface area contributed by atoms with Crippen molar-refractivity contribution in [1.82, 2.24) is 10.2 Å². The number of hydrogen-bond acceptors (Lipinski definition) is 3. The summed E-state index contributed by atoms with van der Waals surface area (Å²) in [6.45, 7) is 4.89. The van der Waals surface area contributed by atoms with Crippen LogP contribution in [0, 0.1) is 11.8 Å². The van der Waals surface area contributed by atoms with Crippen LogP contribution in [0.2, 0.25) is 0 Å². The Kier molecular flexibility index (Phi) is 5.23. The van der Waals surface area contributed by atoms with E-state index < -0.39 is 5.97 Å². The summed E-state index contributed by atoms with van der Waals surface area (Å²) >= 11 is 0. The van der Waals surface area contributed by atoms with E-state index in [9.17, 15) is 9.59 Å². The number of amides is 2. The molecule has 114 valence electrons. The van der Waals surface area contributed by atoms with Gasteiger partial charge in [0.25, 0.3) is 0 Å². The fourth-order valence-electron chi connectivity index (χ4n) is 2.95. The first-order valence-electron chi connectivity index (χ1n) is 7.42. The Morgan fingerprint density at radius 2 is 2.20 bits per heavy atom. The Labute approximate surface area is 119 Å². The van der Waals surface area contributed by atoms with Crippen LogP contribution in [0.4, 0.5) is 4.79 Å². The van der Waals surface area contributed by atoms with E-state index in [-0.39, 0.29) is 18.6 Å². The molecule has 3 atom stereocenters. The Morgan fingerprint density at radius 1 is 1.40 bits per heavy atom. The second kappa shape index (κ2) is 6.92. The van der Waals surface area contributed by atoms with Crippen molar-refractivity contribution in [3.63, 3.8) is 0 Å². The topological polar surface area (TPSA) is 78.9 Å². The van der Waals surface area contributed by atoms with E-state index in [1.165, 1.54) is 0 Å². The molecule has 3 unspecified atom stereocenters. The monoisotopic (exact) mass is 284 g/mol. The number of urea groups is 1. The zero-order valence-corrected chi connectivity index (χ0v) is 12.0. The highest BCUT2D eigenvalue weighted by molar-refractivity contribution is 5.74. The fourth-order valence-corrected chi connectivity index (χ4v) is 2.95. The fraction of sp³-hybridized carbons (Fsp3) is 0.857. The lowest BCUT2D eigenvalue weighted by Crippen LogP contribution is -2.41. The molecular weight excluding hydrogens is 260 g/mol. The number of carbonyl (C=O) groups excluding carboxylic acids is 1. The van der Waals surface area contributed by atoms with Gasteiger partial charge in [-0.2, -0.15) is 0 Å². The van der Waals surface area contributed by atoms with Crippen molar-refractivity contribution >= 4 is 12.0 Å².